The van der Waals surface area contributed by atoms with Crippen molar-refractivity contribution in [1.82, 2.24) is 15.0 Å². The van der Waals surface area contributed by atoms with Gasteiger partial charge in [-0.1, -0.05) is 0 Å². The molecule has 2 aliphatic rings. The van der Waals surface area contributed by atoms with Crippen molar-refractivity contribution in [2.24, 2.45) is 5.92 Å². The van der Waals surface area contributed by atoms with Crippen molar-refractivity contribution in [3.63, 3.8) is 0 Å². The van der Waals surface area contributed by atoms with Gasteiger partial charge in [-0.3, -0.25) is 0 Å². The zero-order valence-electron chi connectivity index (χ0n) is 14.4. The molecule has 0 spiro atoms. The van der Waals surface area contributed by atoms with Gasteiger partial charge in [0.1, 0.15) is 0 Å². The summed E-state index contributed by atoms with van der Waals surface area (Å²) in [5.74, 6) is 1.97. The average Bonchev–Trinajstić information content (AvgIpc) is 3.37. The largest absolute Gasteiger partial charge is 0.396 e. The second kappa shape index (κ2) is 7.48. The van der Waals surface area contributed by atoms with Gasteiger partial charge in [-0.05, 0) is 45.4 Å². The fourth-order valence-corrected chi connectivity index (χ4v) is 3.03. The minimum atomic E-state index is -0.0704. The molecule has 2 heterocycles. The first kappa shape index (κ1) is 17.2. The highest BCUT2D eigenvalue weighted by atomic mass is 16.3. The molecule has 8 nitrogen and oxygen atoms in total. The van der Waals surface area contributed by atoms with Crippen LogP contribution in [0, 0.1) is 5.92 Å². The molecule has 1 aromatic heterocycles. The van der Waals surface area contributed by atoms with Crippen molar-refractivity contribution in [3.8, 4) is 0 Å². The number of nitrogens with zero attached hydrogens (tertiary/aromatic N) is 4. The number of hydrogen-bond donors (Lipinski definition) is 4. The van der Waals surface area contributed by atoms with Crippen LogP contribution in [-0.2, 0) is 0 Å². The van der Waals surface area contributed by atoms with Gasteiger partial charge in [-0.2, -0.15) is 15.0 Å². The summed E-state index contributed by atoms with van der Waals surface area (Å²) in [5, 5.41) is 25.7. The van der Waals surface area contributed by atoms with Crippen molar-refractivity contribution in [1.29, 1.82) is 0 Å². The highest BCUT2D eigenvalue weighted by molar-refractivity contribution is 5.46. The highest BCUT2D eigenvalue weighted by Crippen LogP contribution is 2.28. The Morgan fingerprint density at radius 2 is 1.83 bits per heavy atom. The third-order valence-corrected chi connectivity index (χ3v) is 4.50. The molecule has 0 radical (unpaired) electrons. The van der Waals surface area contributed by atoms with E-state index in [-0.39, 0.29) is 31.2 Å². The zero-order chi connectivity index (χ0) is 17.1. The van der Waals surface area contributed by atoms with E-state index >= 15 is 0 Å². The quantitative estimate of drug-likeness (QED) is 0.580. The standard InChI is InChI=1S/C16H28N6O2/c1-10(2)17-14-19-15(18-12-3-4-12)21-16(20-14)22-6-5-11(8-23)7-13(22)9-24/h10-13,23-24H,3-9H2,1-2H3,(H2,17,18,19,20,21)/t11-,13+/m1/s1. The van der Waals surface area contributed by atoms with Gasteiger partial charge < -0.3 is 25.7 Å². The van der Waals surface area contributed by atoms with Crippen molar-refractivity contribution in [2.45, 2.75) is 57.7 Å². The molecule has 24 heavy (non-hydrogen) atoms. The van der Waals surface area contributed by atoms with Crippen LogP contribution in [0.15, 0.2) is 0 Å². The number of nitrogens with one attached hydrogen (secondary N) is 2. The van der Waals surface area contributed by atoms with Crippen LogP contribution in [0.25, 0.3) is 0 Å². The van der Waals surface area contributed by atoms with E-state index in [1.54, 1.807) is 0 Å². The molecule has 0 bridgehead atoms. The van der Waals surface area contributed by atoms with Gasteiger partial charge in [-0.15, -0.1) is 0 Å². The van der Waals surface area contributed by atoms with Crippen molar-refractivity contribution in [3.05, 3.63) is 0 Å². The number of piperidine rings is 1. The number of aliphatic hydroxyl groups excluding tert-OH is 2. The van der Waals surface area contributed by atoms with Gasteiger partial charge in [-0.25, -0.2) is 0 Å². The molecule has 0 unspecified atom stereocenters. The lowest BCUT2D eigenvalue weighted by Crippen LogP contribution is -2.46. The SMILES string of the molecule is CC(C)Nc1nc(NC2CC2)nc(N2CC[C@@H](CO)C[C@H]2CO)n1. The molecule has 8 heteroatoms. The van der Waals surface area contributed by atoms with Crippen molar-refractivity contribution < 1.29 is 10.2 Å². The molecular weight excluding hydrogens is 308 g/mol. The Morgan fingerprint density at radius 1 is 1.08 bits per heavy atom. The van der Waals surface area contributed by atoms with Gasteiger partial charge in [0.2, 0.25) is 17.8 Å². The summed E-state index contributed by atoms with van der Waals surface area (Å²) in [7, 11) is 0. The third kappa shape index (κ3) is 4.24. The van der Waals surface area contributed by atoms with E-state index in [1.807, 2.05) is 18.7 Å². The summed E-state index contributed by atoms with van der Waals surface area (Å²) in [6.45, 7) is 5.00. The first-order valence-electron chi connectivity index (χ1n) is 8.86. The molecule has 1 saturated heterocycles. The Labute approximate surface area is 142 Å². The fourth-order valence-electron chi connectivity index (χ4n) is 3.03. The maximum absolute atomic E-state index is 9.75. The number of rotatable bonds is 7. The summed E-state index contributed by atoms with van der Waals surface area (Å²) < 4.78 is 0. The van der Waals surface area contributed by atoms with Crippen LogP contribution in [-0.4, -0.2) is 63.0 Å². The predicted molar refractivity (Wildman–Crippen MR) is 93.3 cm³/mol. The number of aromatic nitrogens is 3. The molecule has 1 saturated carbocycles. The third-order valence-electron chi connectivity index (χ3n) is 4.50. The second-order valence-electron chi connectivity index (χ2n) is 7.10. The lowest BCUT2D eigenvalue weighted by atomic mass is 9.92. The van der Waals surface area contributed by atoms with Crippen LogP contribution < -0.4 is 15.5 Å². The molecule has 3 rings (SSSR count). The molecule has 1 aromatic rings. The van der Waals surface area contributed by atoms with Crippen LogP contribution in [0.5, 0.6) is 0 Å². The van der Waals surface area contributed by atoms with E-state index in [1.165, 1.54) is 0 Å². The van der Waals surface area contributed by atoms with E-state index in [2.05, 4.69) is 25.6 Å². The minimum Gasteiger partial charge on any atom is -0.396 e. The van der Waals surface area contributed by atoms with E-state index < -0.39 is 0 Å². The molecule has 1 aliphatic heterocycles. The summed E-state index contributed by atoms with van der Waals surface area (Å²) in [4.78, 5) is 15.6. The number of hydrogen-bond acceptors (Lipinski definition) is 8. The summed E-state index contributed by atoms with van der Waals surface area (Å²) in [6.07, 6.45) is 3.91. The van der Waals surface area contributed by atoms with E-state index in [4.69, 9.17) is 0 Å². The Bertz CT molecular complexity index is 529. The van der Waals surface area contributed by atoms with Gasteiger partial charge in [0.05, 0.1) is 12.6 Å². The summed E-state index contributed by atoms with van der Waals surface area (Å²) in [5.41, 5.74) is 0. The summed E-state index contributed by atoms with van der Waals surface area (Å²) >= 11 is 0. The first-order chi connectivity index (χ1) is 11.6. The first-order valence-corrected chi connectivity index (χ1v) is 8.86. The summed E-state index contributed by atoms with van der Waals surface area (Å²) in [6, 6.07) is 0.614. The van der Waals surface area contributed by atoms with Crippen LogP contribution in [0.4, 0.5) is 17.8 Å². The fraction of sp³-hybridized carbons (Fsp3) is 0.812. The van der Waals surface area contributed by atoms with Gasteiger partial charge in [0.15, 0.2) is 0 Å². The lowest BCUT2D eigenvalue weighted by molar-refractivity contribution is 0.159. The van der Waals surface area contributed by atoms with E-state index in [9.17, 15) is 10.2 Å². The van der Waals surface area contributed by atoms with Gasteiger partial charge >= 0.3 is 0 Å². The van der Waals surface area contributed by atoms with Crippen LogP contribution in [0.2, 0.25) is 0 Å². The lowest BCUT2D eigenvalue weighted by Gasteiger charge is -2.38. The van der Waals surface area contributed by atoms with Gasteiger partial charge in [0.25, 0.3) is 0 Å². The Balaban J connectivity index is 1.83. The van der Waals surface area contributed by atoms with Crippen LogP contribution in [0.3, 0.4) is 0 Å². The predicted octanol–water partition coefficient (Wildman–Crippen LogP) is 0.836. The molecule has 0 aromatic carbocycles. The number of aliphatic hydroxyl groups is 2. The molecule has 1 aliphatic carbocycles. The normalized spacial score (nSPS) is 24.3. The molecule has 2 atom stereocenters. The maximum Gasteiger partial charge on any atom is 0.232 e. The van der Waals surface area contributed by atoms with Crippen molar-refractivity contribution in [2.75, 3.05) is 35.3 Å². The second-order valence-corrected chi connectivity index (χ2v) is 7.10. The molecule has 0 amide bonds. The monoisotopic (exact) mass is 336 g/mol. The molecule has 4 N–H and O–H groups in total. The topological polar surface area (TPSA) is 106 Å². The smallest absolute Gasteiger partial charge is 0.232 e. The van der Waals surface area contributed by atoms with Gasteiger partial charge in [0, 0.05) is 25.2 Å². The molecule has 134 valence electrons. The zero-order valence-corrected chi connectivity index (χ0v) is 14.4. The Kier molecular flexibility index (Phi) is 5.35. The minimum absolute atomic E-state index is 0.0283. The Morgan fingerprint density at radius 3 is 2.46 bits per heavy atom. The highest BCUT2D eigenvalue weighted by Gasteiger charge is 2.30. The van der Waals surface area contributed by atoms with Crippen molar-refractivity contribution >= 4 is 17.8 Å². The maximum atomic E-state index is 9.75. The van der Waals surface area contributed by atoms with E-state index in [0.29, 0.717) is 23.9 Å². The molecular formula is C16H28N6O2. The number of anilines is 3. The Hall–Kier alpha value is -1.67. The van der Waals surface area contributed by atoms with E-state index in [0.717, 1.165) is 32.2 Å². The molecule has 2 fully saturated rings. The average molecular weight is 336 g/mol. The van der Waals surface area contributed by atoms with Crippen LogP contribution >= 0.6 is 0 Å². The van der Waals surface area contributed by atoms with Crippen LogP contribution in [0.1, 0.15) is 39.5 Å².